The molecular weight excluding hydrogens is 360 g/mol. The molecule has 0 spiro atoms. The smallest absolute Gasteiger partial charge is 0.211 e. The standard InChI is InChI=1S/C21H30N2O3S/c1-5-17-9-11-19(12-10-17)21(23(2)3)16-22-27(24,25)14-13-18-7-6-8-20(15-18)26-4/h6-12,15,21-22H,5,13-14,16H2,1-4H3. The van der Waals surface area contributed by atoms with Gasteiger partial charge in [0.2, 0.25) is 10.0 Å². The van der Waals surface area contributed by atoms with Crippen molar-refractivity contribution in [1.82, 2.24) is 9.62 Å². The van der Waals surface area contributed by atoms with Crippen LogP contribution in [-0.2, 0) is 22.9 Å². The number of likely N-dealkylation sites (N-methyl/N-ethyl adjacent to an activating group) is 1. The normalized spacial score (nSPS) is 12.9. The summed E-state index contributed by atoms with van der Waals surface area (Å²) in [4.78, 5) is 2.03. The van der Waals surface area contributed by atoms with E-state index in [0.717, 1.165) is 23.3 Å². The average Bonchev–Trinajstić information content (AvgIpc) is 2.67. The van der Waals surface area contributed by atoms with Crippen molar-refractivity contribution in [1.29, 1.82) is 0 Å². The summed E-state index contributed by atoms with van der Waals surface area (Å²) >= 11 is 0. The van der Waals surface area contributed by atoms with Crippen LogP contribution < -0.4 is 9.46 Å². The molecule has 2 aromatic carbocycles. The Bertz CT molecular complexity index is 818. The van der Waals surface area contributed by atoms with E-state index in [1.807, 2.05) is 43.3 Å². The Morgan fingerprint density at radius 3 is 2.37 bits per heavy atom. The molecule has 2 aromatic rings. The first-order chi connectivity index (χ1) is 12.8. The number of aryl methyl sites for hydroxylation is 2. The molecule has 27 heavy (non-hydrogen) atoms. The molecule has 0 aliphatic carbocycles. The number of nitrogens with zero attached hydrogens (tertiary/aromatic N) is 1. The van der Waals surface area contributed by atoms with Gasteiger partial charge in [0.1, 0.15) is 5.75 Å². The lowest BCUT2D eigenvalue weighted by atomic mass is 10.0. The molecule has 0 saturated carbocycles. The molecule has 0 radical (unpaired) electrons. The van der Waals surface area contributed by atoms with Gasteiger partial charge in [0.15, 0.2) is 0 Å². The first-order valence-corrected chi connectivity index (χ1v) is 10.9. The van der Waals surface area contributed by atoms with Crippen LogP contribution in [0.1, 0.15) is 29.7 Å². The Morgan fingerprint density at radius 2 is 1.78 bits per heavy atom. The van der Waals surface area contributed by atoms with E-state index >= 15 is 0 Å². The maximum absolute atomic E-state index is 12.5. The summed E-state index contributed by atoms with van der Waals surface area (Å²) in [6.45, 7) is 2.47. The number of ether oxygens (including phenoxy) is 1. The number of rotatable bonds is 10. The van der Waals surface area contributed by atoms with Crippen molar-refractivity contribution in [3.63, 3.8) is 0 Å². The van der Waals surface area contributed by atoms with Crippen LogP contribution >= 0.6 is 0 Å². The van der Waals surface area contributed by atoms with Gasteiger partial charge in [0.25, 0.3) is 0 Å². The maximum Gasteiger partial charge on any atom is 0.211 e. The SMILES string of the molecule is CCc1ccc(C(CNS(=O)(=O)CCc2cccc(OC)c2)N(C)C)cc1. The van der Waals surface area contributed by atoms with E-state index in [0.29, 0.717) is 13.0 Å². The molecule has 0 amide bonds. The summed E-state index contributed by atoms with van der Waals surface area (Å²) in [6, 6.07) is 15.8. The third kappa shape index (κ3) is 6.65. The predicted octanol–water partition coefficient (Wildman–Crippen LogP) is 3.02. The Kier molecular flexibility index (Phi) is 7.83. The fourth-order valence-corrected chi connectivity index (χ4v) is 3.99. The van der Waals surface area contributed by atoms with Crippen LogP contribution in [0.2, 0.25) is 0 Å². The van der Waals surface area contributed by atoms with Crippen molar-refractivity contribution in [2.45, 2.75) is 25.8 Å². The van der Waals surface area contributed by atoms with Gasteiger partial charge in [-0.2, -0.15) is 0 Å². The van der Waals surface area contributed by atoms with Crippen LogP contribution in [0, 0.1) is 0 Å². The van der Waals surface area contributed by atoms with E-state index in [-0.39, 0.29) is 11.8 Å². The Labute approximate surface area is 163 Å². The molecule has 0 saturated heterocycles. The van der Waals surface area contributed by atoms with Gasteiger partial charge in [-0.1, -0.05) is 43.3 Å². The number of nitrogens with one attached hydrogen (secondary N) is 1. The quantitative estimate of drug-likeness (QED) is 0.677. The fraction of sp³-hybridized carbons (Fsp3) is 0.429. The van der Waals surface area contributed by atoms with Crippen molar-refractivity contribution >= 4 is 10.0 Å². The van der Waals surface area contributed by atoms with Crippen molar-refractivity contribution < 1.29 is 13.2 Å². The summed E-state index contributed by atoms with van der Waals surface area (Å²) in [6.07, 6.45) is 1.44. The number of methoxy groups -OCH3 is 1. The highest BCUT2D eigenvalue weighted by Crippen LogP contribution is 2.19. The zero-order chi connectivity index (χ0) is 19.9. The zero-order valence-corrected chi connectivity index (χ0v) is 17.4. The molecule has 6 heteroatoms. The largest absolute Gasteiger partial charge is 0.497 e. The molecule has 0 aromatic heterocycles. The minimum Gasteiger partial charge on any atom is -0.497 e. The lowest BCUT2D eigenvalue weighted by Crippen LogP contribution is -2.36. The van der Waals surface area contributed by atoms with E-state index in [9.17, 15) is 8.42 Å². The van der Waals surface area contributed by atoms with Crippen molar-refractivity contribution in [3.8, 4) is 5.75 Å². The maximum atomic E-state index is 12.5. The van der Waals surface area contributed by atoms with Gasteiger partial charge in [-0.15, -0.1) is 0 Å². The third-order valence-electron chi connectivity index (χ3n) is 4.69. The second-order valence-electron chi connectivity index (χ2n) is 6.84. The van der Waals surface area contributed by atoms with E-state index in [4.69, 9.17) is 4.74 Å². The molecule has 1 atom stereocenters. The molecule has 1 unspecified atom stereocenters. The summed E-state index contributed by atoms with van der Waals surface area (Å²) in [7, 11) is 2.16. The predicted molar refractivity (Wildman–Crippen MR) is 111 cm³/mol. The Morgan fingerprint density at radius 1 is 1.07 bits per heavy atom. The summed E-state index contributed by atoms with van der Waals surface area (Å²) < 4.78 is 32.9. The summed E-state index contributed by atoms with van der Waals surface area (Å²) in [5, 5.41) is 0. The first-order valence-electron chi connectivity index (χ1n) is 9.20. The van der Waals surface area contributed by atoms with Gasteiger partial charge in [0, 0.05) is 12.6 Å². The highest BCUT2D eigenvalue weighted by molar-refractivity contribution is 7.89. The first kappa shape index (κ1) is 21.4. The van der Waals surface area contributed by atoms with Crippen LogP contribution in [0.4, 0.5) is 0 Å². The molecule has 2 rings (SSSR count). The number of sulfonamides is 1. The van der Waals surface area contributed by atoms with Gasteiger partial charge in [-0.3, -0.25) is 0 Å². The van der Waals surface area contributed by atoms with Crippen LogP contribution in [0.3, 0.4) is 0 Å². The summed E-state index contributed by atoms with van der Waals surface area (Å²) in [5.41, 5.74) is 3.32. The molecule has 0 bridgehead atoms. The molecule has 0 fully saturated rings. The van der Waals surface area contributed by atoms with Crippen LogP contribution in [0.25, 0.3) is 0 Å². The molecule has 0 aliphatic rings. The van der Waals surface area contributed by atoms with Crippen molar-refractivity contribution in [2.75, 3.05) is 33.5 Å². The average molecular weight is 391 g/mol. The molecule has 0 heterocycles. The van der Waals surface area contributed by atoms with Crippen LogP contribution in [0.5, 0.6) is 5.75 Å². The Balaban J connectivity index is 1.97. The van der Waals surface area contributed by atoms with Gasteiger partial charge in [0.05, 0.1) is 12.9 Å². The van der Waals surface area contributed by atoms with Crippen molar-refractivity contribution in [3.05, 3.63) is 65.2 Å². The second-order valence-corrected chi connectivity index (χ2v) is 8.77. The molecule has 148 valence electrons. The number of hydrogen-bond acceptors (Lipinski definition) is 4. The van der Waals surface area contributed by atoms with E-state index < -0.39 is 10.0 Å². The van der Waals surface area contributed by atoms with Crippen LogP contribution in [-0.4, -0.2) is 46.8 Å². The van der Waals surface area contributed by atoms with Crippen LogP contribution in [0.15, 0.2) is 48.5 Å². The molecule has 0 aliphatic heterocycles. The van der Waals surface area contributed by atoms with Gasteiger partial charge >= 0.3 is 0 Å². The monoisotopic (exact) mass is 390 g/mol. The molecule has 5 nitrogen and oxygen atoms in total. The summed E-state index contributed by atoms with van der Waals surface area (Å²) in [5.74, 6) is 0.788. The minimum atomic E-state index is -3.37. The van der Waals surface area contributed by atoms with E-state index in [1.165, 1.54) is 5.56 Å². The van der Waals surface area contributed by atoms with E-state index in [1.54, 1.807) is 7.11 Å². The fourth-order valence-electron chi connectivity index (χ4n) is 2.93. The topological polar surface area (TPSA) is 58.6 Å². The van der Waals surface area contributed by atoms with Gasteiger partial charge in [-0.05, 0) is 55.8 Å². The number of hydrogen-bond donors (Lipinski definition) is 1. The van der Waals surface area contributed by atoms with Crippen molar-refractivity contribution in [2.24, 2.45) is 0 Å². The van der Waals surface area contributed by atoms with Gasteiger partial charge < -0.3 is 9.64 Å². The Hall–Kier alpha value is -1.89. The van der Waals surface area contributed by atoms with E-state index in [2.05, 4.69) is 35.9 Å². The van der Waals surface area contributed by atoms with Gasteiger partial charge in [-0.25, -0.2) is 13.1 Å². The third-order valence-corrected chi connectivity index (χ3v) is 6.03. The zero-order valence-electron chi connectivity index (χ0n) is 16.6. The second kappa shape index (κ2) is 9.88. The number of benzene rings is 2. The lowest BCUT2D eigenvalue weighted by Gasteiger charge is -2.25. The highest BCUT2D eigenvalue weighted by Gasteiger charge is 2.18. The molecular formula is C21H30N2O3S. The minimum absolute atomic E-state index is 0.0116. The lowest BCUT2D eigenvalue weighted by molar-refractivity contribution is 0.299. The highest BCUT2D eigenvalue weighted by atomic mass is 32.2. The molecule has 1 N–H and O–H groups in total.